The SMILES string of the molecule is CCn1c(O)c(N=Nc2ccc(Cl)c(C(=O)[O-])c2)c2ccccc21. The van der Waals surface area contributed by atoms with Crippen molar-refractivity contribution in [1.29, 1.82) is 0 Å². The van der Waals surface area contributed by atoms with E-state index in [4.69, 9.17) is 11.6 Å². The van der Waals surface area contributed by atoms with Crippen LogP contribution in [0.15, 0.2) is 52.7 Å². The molecule has 2 aromatic carbocycles. The zero-order valence-electron chi connectivity index (χ0n) is 12.7. The third-order valence-electron chi connectivity index (χ3n) is 3.67. The van der Waals surface area contributed by atoms with Gasteiger partial charge >= 0.3 is 0 Å². The van der Waals surface area contributed by atoms with Gasteiger partial charge in [-0.05, 0) is 31.2 Å². The Morgan fingerprint density at radius 1 is 1.25 bits per heavy atom. The third kappa shape index (κ3) is 2.72. The fraction of sp³-hybridized carbons (Fsp3) is 0.118. The van der Waals surface area contributed by atoms with E-state index in [1.165, 1.54) is 18.2 Å². The number of para-hydroxylation sites is 1. The number of benzene rings is 2. The van der Waals surface area contributed by atoms with E-state index in [0.29, 0.717) is 17.9 Å². The molecule has 3 rings (SSSR count). The van der Waals surface area contributed by atoms with Crippen LogP contribution in [0.1, 0.15) is 17.3 Å². The first kappa shape index (κ1) is 16.0. The average Bonchev–Trinajstić information content (AvgIpc) is 2.85. The number of carbonyl (C=O) groups excluding carboxylic acids is 1. The van der Waals surface area contributed by atoms with E-state index >= 15 is 0 Å². The van der Waals surface area contributed by atoms with Crippen LogP contribution in [0.2, 0.25) is 5.02 Å². The minimum atomic E-state index is -1.39. The molecule has 0 spiro atoms. The topological polar surface area (TPSA) is 90.0 Å². The predicted molar refractivity (Wildman–Crippen MR) is 89.2 cm³/mol. The average molecular weight is 343 g/mol. The van der Waals surface area contributed by atoms with E-state index in [0.717, 1.165) is 10.9 Å². The van der Waals surface area contributed by atoms with E-state index < -0.39 is 5.97 Å². The van der Waals surface area contributed by atoms with Gasteiger partial charge in [0.05, 0.1) is 17.2 Å². The lowest BCUT2D eigenvalue weighted by Crippen LogP contribution is -2.22. The molecule has 0 bridgehead atoms. The fourth-order valence-corrected chi connectivity index (χ4v) is 2.72. The minimum Gasteiger partial charge on any atom is -0.545 e. The largest absolute Gasteiger partial charge is 0.545 e. The van der Waals surface area contributed by atoms with Crippen molar-refractivity contribution in [2.45, 2.75) is 13.5 Å². The number of carboxylic acids is 1. The fourth-order valence-electron chi connectivity index (χ4n) is 2.53. The highest BCUT2D eigenvalue weighted by atomic mass is 35.5. The van der Waals surface area contributed by atoms with E-state index in [9.17, 15) is 15.0 Å². The Bertz CT molecular complexity index is 963. The maximum Gasteiger partial charge on any atom is 0.220 e. The number of rotatable bonds is 4. The van der Waals surface area contributed by atoms with Crippen LogP contribution in [0.4, 0.5) is 11.4 Å². The maximum absolute atomic E-state index is 11.0. The van der Waals surface area contributed by atoms with Gasteiger partial charge in [0.2, 0.25) is 5.88 Å². The first-order valence-corrected chi connectivity index (χ1v) is 7.63. The van der Waals surface area contributed by atoms with Crippen molar-refractivity contribution in [3.8, 4) is 5.88 Å². The Morgan fingerprint density at radius 2 is 2.00 bits per heavy atom. The summed E-state index contributed by atoms with van der Waals surface area (Å²) in [6, 6.07) is 11.7. The Labute approximate surface area is 142 Å². The predicted octanol–water partition coefficient (Wildman–Crippen LogP) is 3.80. The molecule has 0 saturated heterocycles. The highest BCUT2D eigenvalue weighted by Gasteiger charge is 2.15. The summed E-state index contributed by atoms with van der Waals surface area (Å²) in [7, 11) is 0. The maximum atomic E-state index is 11.0. The molecule has 0 aliphatic rings. The van der Waals surface area contributed by atoms with Gasteiger partial charge in [-0.25, -0.2) is 0 Å². The van der Waals surface area contributed by atoms with Crippen molar-refractivity contribution >= 4 is 39.8 Å². The molecule has 0 fully saturated rings. The lowest BCUT2D eigenvalue weighted by molar-refractivity contribution is -0.255. The van der Waals surface area contributed by atoms with Crippen LogP contribution in [0.5, 0.6) is 5.88 Å². The van der Waals surface area contributed by atoms with Gasteiger partial charge < -0.3 is 19.6 Å². The summed E-state index contributed by atoms with van der Waals surface area (Å²) >= 11 is 5.80. The van der Waals surface area contributed by atoms with Crippen LogP contribution < -0.4 is 5.11 Å². The summed E-state index contributed by atoms with van der Waals surface area (Å²) in [6.07, 6.45) is 0. The van der Waals surface area contributed by atoms with E-state index in [1.807, 2.05) is 31.2 Å². The zero-order chi connectivity index (χ0) is 17.3. The van der Waals surface area contributed by atoms with Crippen molar-refractivity contribution in [1.82, 2.24) is 4.57 Å². The molecule has 0 amide bonds. The van der Waals surface area contributed by atoms with Crippen LogP contribution >= 0.6 is 11.6 Å². The molecule has 0 atom stereocenters. The monoisotopic (exact) mass is 342 g/mol. The normalized spacial score (nSPS) is 11.4. The highest BCUT2D eigenvalue weighted by Crippen LogP contribution is 2.39. The number of nitrogens with zero attached hydrogens (tertiary/aromatic N) is 3. The van der Waals surface area contributed by atoms with Crippen LogP contribution in [0.3, 0.4) is 0 Å². The van der Waals surface area contributed by atoms with Crippen molar-refractivity contribution in [3.05, 3.63) is 53.1 Å². The molecule has 3 aromatic rings. The molecule has 7 heteroatoms. The molecule has 24 heavy (non-hydrogen) atoms. The number of carbonyl (C=O) groups is 1. The molecular formula is C17H13ClN3O3-. The molecule has 0 radical (unpaired) electrons. The standard InChI is InChI=1S/C17H14ClN3O3/c1-2-21-14-6-4-3-5-11(14)15(16(21)22)20-19-10-7-8-13(18)12(9-10)17(23)24/h3-9,22H,2H2,1H3,(H,23,24)/p-1. The van der Waals surface area contributed by atoms with E-state index in [2.05, 4.69) is 10.2 Å². The summed E-state index contributed by atoms with van der Waals surface area (Å²) in [5.74, 6) is -1.38. The number of aromatic carboxylic acids is 1. The summed E-state index contributed by atoms with van der Waals surface area (Å²) in [6.45, 7) is 2.50. The quantitative estimate of drug-likeness (QED) is 0.731. The molecule has 0 aliphatic carbocycles. The van der Waals surface area contributed by atoms with Gasteiger partial charge in [0, 0.05) is 22.5 Å². The second kappa shape index (κ2) is 6.33. The highest BCUT2D eigenvalue weighted by molar-refractivity contribution is 6.33. The molecule has 1 aromatic heterocycles. The summed E-state index contributed by atoms with van der Waals surface area (Å²) in [5.41, 5.74) is 1.31. The van der Waals surface area contributed by atoms with Gasteiger partial charge in [-0.1, -0.05) is 29.8 Å². The van der Waals surface area contributed by atoms with Gasteiger partial charge in [0.15, 0.2) is 5.69 Å². The van der Waals surface area contributed by atoms with Crippen molar-refractivity contribution < 1.29 is 15.0 Å². The van der Waals surface area contributed by atoms with Gasteiger partial charge in [-0.2, -0.15) is 5.11 Å². The van der Waals surface area contributed by atoms with Crippen molar-refractivity contribution in [3.63, 3.8) is 0 Å². The van der Waals surface area contributed by atoms with Crippen molar-refractivity contribution in [2.75, 3.05) is 0 Å². The number of aryl methyl sites for hydroxylation is 1. The molecule has 0 aliphatic heterocycles. The lowest BCUT2D eigenvalue weighted by atomic mass is 10.2. The Kier molecular flexibility index (Phi) is 4.22. The molecule has 122 valence electrons. The van der Waals surface area contributed by atoms with Gasteiger partial charge in [0.1, 0.15) is 0 Å². The summed E-state index contributed by atoms with van der Waals surface area (Å²) in [5, 5.41) is 30.3. The van der Waals surface area contributed by atoms with Crippen LogP contribution in [-0.4, -0.2) is 15.6 Å². The number of halogens is 1. The van der Waals surface area contributed by atoms with Crippen molar-refractivity contribution in [2.24, 2.45) is 10.2 Å². The number of aromatic nitrogens is 1. The van der Waals surface area contributed by atoms with Gasteiger partial charge in [-0.3, -0.25) is 0 Å². The van der Waals surface area contributed by atoms with E-state index in [-0.39, 0.29) is 16.5 Å². The number of aromatic hydroxyl groups is 1. The number of azo groups is 1. The molecule has 0 saturated carbocycles. The van der Waals surface area contributed by atoms with Crippen LogP contribution in [-0.2, 0) is 6.54 Å². The second-order valence-corrected chi connectivity index (χ2v) is 5.49. The molecule has 6 nitrogen and oxygen atoms in total. The van der Waals surface area contributed by atoms with Crippen LogP contribution in [0.25, 0.3) is 10.9 Å². The lowest BCUT2D eigenvalue weighted by Gasteiger charge is -2.05. The van der Waals surface area contributed by atoms with Gasteiger partial charge in [0.25, 0.3) is 0 Å². The zero-order valence-corrected chi connectivity index (χ0v) is 13.5. The number of hydrogen-bond acceptors (Lipinski definition) is 5. The smallest absolute Gasteiger partial charge is 0.220 e. The Hall–Kier alpha value is -2.86. The number of fused-ring (bicyclic) bond motifs is 1. The summed E-state index contributed by atoms with van der Waals surface area (Å²) in [4.78, 5) is 11.0. The minimum absolute atomic E-state index is 0.0107. The molecular weight excluding hydrogens is 330 g/mol. The first-order chi connectivity index (χ1) is 11.5. The number of hydrogen-bond donors (Lipinski definition) is 1. The Balaban J connectivity index is 2.07. The first-order valence-electron chi connectivity index (χ1n) is 7.25. The molecule has 1 heterocycles. The van der Waals surface area contributed by atoms with Crippen LogP contribution in [0, 0.1) is 0 Å². The molecule has 0 unspecified atom stereocenters. The Morgan fingerprint density at radius 3 is 2.71 bits per heavy atom. The molecule has 1 N–H and O–H groups in total. The number of carboxylic acid groups (broad SMARTS) is 1. The summed E-state index contributed by atoms with van der Waals surface area (Å²) < 4.78 is 1.72. The van der Waals surface area contributed by atoms with Gasteiger partial charge in [-0.15, -0.1) is 5.11 Å². The van der Waals surface area contributed by atoms with E-state index in [1.54, 1.807) is 4.57 Å². The third-order valence-corrected chi connectivity index (χ3v) is 4.00. The second-order valence-electron chi connectivity index (χ2n) is 5.09.